The molecule has 0 spiro atoms. The Balaban J connectivity index is 2.37. The summed E-state index contributed by atoms with van der Waals surface area (Å²) in [7, 11) is 0. The molecular weight excluding hydrogens is 164 g/mol. The zero-order valence-corrected chi connectivity index (χ0v) is 8.68. The monoisotopic (exact) mass is 184 g/mol. The Kier molecular flexibility index (Phi) is 4.22. The van der Waals surface area contributed by atoms with Crippen molar-refractivity contribution in [2.45, 2.75) is 39.2 Å². The molecule has 1 aliphatic heterocycles. The summed E-state index contributed by atoms with van der Waals surface area (Å²) in [5, 5.41) is 3.38. The maximum Gasteiger partial charge on any atom is 0.222 e. The molecule has 0 radical (unpaired) electrons. The fraction of sp³-hybridized carbons (Fsp3) is 0.900. The molecule has 0 aliphatic carbocycles. The third-order valence-corrected chi connectivity index (χ3v) is 2.52. The second kappa shape index (κ2) is 5.22. The van der Waals surface area contributed by atoms with E-state index in [0.29, 0.717) is 18.4 Å². The van der Waals surface area contributed by atoms with Crippen LogP contribution in [-0.4, -0.2) is 36.5 Å². The maximum absolute atomic E-state index is 11.6. The van der Waals surface area contributed by atoms with E-state index in [1.54, 1.807) is 0 Å². The molecule has 1 saturated heterocycles. The van der Waals surface area contributed by atoms with E-state index >= 15 is 0 Å². The van der Waals surface area contributed by atoms with Gasteiger partial charge in [-0.15, -0.1) is 0 Å². The number of hydrogen-bond acceptors (Lipinski definition) is 2. The number of hydrogen-bond donors (Lipinski definition) is 1. The van der Waals surface area contributed by atoms with Gasteiger partial charge in [0, 0.05) is 32.1 Å². The van der Waals surface area contributed by atoms with Crippen LogP contribution in [0.2, 0.25) is 0 Å². The van der Waals surface area contributed by atoms with Gasteiger partial charge in [-0.3, -0.25) is 4.79 Å². The van der Waals surface area contributed by atoms with Gasteiger partial charge in [-0.25, -0.2) is 0 Å². The molecule has 0 aromatic rings. The Bertz CT molecular complexity index is 170. The molecule has 1 N–H and O–H groups in total. The average molecular weight is 184 g/mol. The highest BCUT2D eigenvalue weighted by molar-refractivity contribution is 5.76. The van der Waals surface area contributed by atoms with Gasteiger partial charge < -0.3 is 10.2 Å². The van der Waals surface area contributed by atoms with Crippen molar-refractivity contribution in [3.63, 3.8) is 0 Å². The molecule has 3 heteroatoms. The molecule has 0 saturated carbocycles. The third kappa shape index (κ3) is 3.35. The van der Waals surface area contributed by atoms with E-state index in [2.05, 4.69) is 19.2 Å². The van der Waals surface area contributed by atoms with E-state index in [1.165, 1.54) is 0 Å². The smallest absolute Gasteiger partial charge is 0.222 e. The largest absolute Gasteiger partial charge is 0.341 e. The minimum atomic E-state index is 0.318. The van der Waals surface area contributed by atoms with Crippen molar-refractivity contribution < 1.29 is 4.79 Å². The summed E-state index contributed by atoms with van der Waals surface area (Å²) >= 11 is 0. The first kappa shape index (κ1) is 10.5. The van der Waals surface area contributed by atoms with Crippen LogP contribution in [0.25, 0.3) is 0 Å². The molecule has 0 bridgehead atoms. The minimum absolute atomic E-state index is 0.318. The molecule has 1 amide bonds. The molecule has 0 aromatic carbocycles. The summed E-state index contributed by atoms with van der Waals surface area (Å²) in [5.74, 6) is 0.318. The van der Waals surface area contributed by atoms with E-state index in [9.17, 15) is 4.79 Å². The highest BCUT2D eigenvalue weighted by Gasteiger charge is 2.16. The zero-order valence-electron chi connectivity index (χ0n) is 8.68. The average Bonchev–Trinajstić information content (AvgIpc) is 2.30. The summed E-state index contributed by atoms with van der Waals surface area (Å²) < 4.78 is 0. The summed E-state index contributed by atoms with van der Waals surface area (Å²) in [4.78, 5) is 13.5. The molecule has 3 nitrogen and oxygen atoms in total. The Labute approximate surface area is 80.5 Å². The summed E-state index contributed by atoms with van der Waals surface area (Å²) in [6, 6.07) is 0.555. The standard InChI is InChI=1S/C10H20N2O/c1-3-4-10(13)12-7-5-9(2)11-6-8-12/h9,11H,3-8H2,1-2H3. The fourth-order valence-corrected chi connectivity index (χ4v) is 1.63. The lowest BCUT2D eigenvalue weighted by Gasteiger charge is -2.19. The van der Waals surface area contributed by atoms with E-state index in [0.717, 1.165) is 32.5 Å². The van der Waals surface area contributed by atoms with Gasteiger partial charge in [-0.1, -0.05) is 6.92 Å². The number of rotatable bonds is 2. The van der Waals surface area contributed by atoms with Gasteiger partial charge in [0.05, 0.1) is 0 Å². The molecule has 1 rings (SSSR count). The van der Waals surface area contributed by atoms with Crippen molar-refractivity contribution in [2.75, 3.05) is 19.6 Å². The Morgan fingerprint density at radius 3 is 3.00 bits per heavy atom. The van der Waals surface area contributed by atoms with Crippen molar-refractivity contribution in [3.8, 4) is 0 Å². The molecule has 1 aliphatic rings. The normalized spacial score (nSPS) is 24.2. The lowest BCUT2D eigenvalue weighted by Crippen LogP contribution is -2.33. The topological polar surface area (TPSA) is 32.3 Å². The van der Waals surface area contributed by atoms with E-state index in [4.69, 9.17) is 0 Å². The van der Waals surface area contributed by atoms with Crippen LogP contribution < -0.4 is 5.32 Å². The maximum atomic E-state index is 11.6. The predicted molar refractivity (Wildman–Crippen MR) is 53.6 cm³/mol. The highest BCUT2D eigenvalue weighted by Crippen LogP contribution is 2.04. The van der Waals surface area contributed by atoms with Gasteiger partial charge in [0.15, 0.2) is 0 Å². The number of nitrogens with zero attached hydrogens (tertiary/aromatic N) is 1. The van der Waals surface area contributed by atoms with Gasteiger partial charge in [0.25, 0.3) is 0 Å². The molecule has 1 atom stereocenters. The molecule has 1 unspecified atom stereocenters. The summed E-state index contributed by atoms with van der Waals surface area (Å²) in [6.45, 7) is 6.97. The Morgan fingerprint density at radius 1 is 1.54 bits per heavy atom. The van der Waals surface area contributed by atoms with Crippen LogP contribution in [0.4, 0.5) is 0 Å². The van der Waals surface area contributed by atoms with Crippen LogP contribution in [0, 0.1) is 0 Å². The van der Waals surface area contributed by atoms with E-state index in [1.807, 2.05) is 4.90 Å². The van der Waals surface area contributed by atoms with Gasteiger partial charge >= 0.3 is 0 Å². The van der Waals surface area contributed by atoms with Gasteiger partial charge in [-0.05, 0) is 19.8 Å². The number of amides is 1. The Hall–Kier alpha value is -0.570. The SMILES string of the molecule is CCCC(=O)N1CCNC(C)CC1. The lowest BCUT2D eigenvalue weighted by molar-refractivity contribution is -0.131. The minimum Gasteiger partial charge on any atom is -0.341 e. The molecule has 1 heterocycles. The predicted octanol–water partition coefficient (Wildman–Crippen LogP) is 0.997. The fourth-order valence-electron chi connectivity index (χ4n) is 1.63. The van der Waals surface area contributed by atoms with E-state index < -0.39 is 0 Å². The Morgan fingerprint density at radius 2 is 2.31 bits per heavy atom. The van der Waals surface area contributed by atoms with Gasteiger partial charge in [0.1, 0.15) is 0 Å². The lowest BCUT2D eigenvalue weighted by atomic mass is 10.2. The summed E-state index contributed by atoms with van der Waals surface area (Å²) in [6.07, 6.45) is 2.74. The van der Waals surface area contributed by atoms with E-state index in [-0.39, 0.29) is 0 Å². The van der Waals surface area contributed by atoms with Gasteiger partial charge in [-0.2, -0.15) is 0 Å². The van der Waals surface area contributed by atoms with Crippen LogP contribution in [0.5, 0.6) is 0 Å². The first-order chi connectivity index (χ1) is 6.24. The molecular formula is C10H20N2O. The first-order valence-corrected chi connectivity index (χ1v) is 5.25. The van der Waals surface area contributed by atoms with Crippen molar-refractivity contribution in [1.82, 2.24) is 10.2 Å². The van der Waals surface area contributed by atoms with Crippen LogP contribution in [0.1, 0.15) is 33.1 Å². The van der Waals surface area contributed by atoms with Crippen LogP contribution in [-0.2, 0) is 4.79 Å². The first-order valence-electron chi connectivity index (χ1n) is 5.25. The molecule has 13 heavy (non-hydrogen) atoms. The zero-order chi connectivity index (χ0) is 9.68. The second-order valence-corrected chi connectivity index (χ2v) is 3.77. The van der Waals surface area contributed by atoms with Crippen molar-refractivity contribution in [1.29, 1.82) is 0 Å². The second-order valence-electron chi connectivity index (χ2n) is 3.77. The van der Waals surface area contributed by atoms with Crippen molar-refractivity contribution in [3.05, 3.63) is 0 Å². The molecule has 76 valence electrons. The van der Waals surface area contributed by atoms with Crippen molar-refractivity contribution >= 4 is 5.91 Å². The quantitative estimate of drug-likeness (QED) is 0.694. The van der Waals surface area contributed by atoms with Gasteiger partial charge in [0.2, 0.25) is 5.91 Å². The number of carbonyl (C=O) groups excluding carboxylic acids is 1. The van der Waals surface area contributed by atoms with Crippen LogP contribution in [0.3, 0.4) is 0 Å². The molecule has 1 fully saturated rings. The number of carbonyl (C=O) groups is 1. The highest BCUT2D eigenvalue weighted by atomic mass is 16.2. The van der Waals surface area contributed by atoms with Crippen LogP contribution in [0.15, 0.2) is 0 Å². The number of nitrogens with one attached hydrogen (secondary N) is 1. The van der Waals surface area contributed by atoms with Crippen LogP contribution >= 0.6 is 0 Å². The van der Waals surface area contributed by atoms with Crippen molar-refractivity contribution in [2.24, 2.45) is 0 Å². The third-order valence-electron chi connectivity index (χ3n) is 2.52. The summed E-state index contributed by atoms with van der Waals surface area (Å²) in [5.41, 5.74) is 0. The molecule has 0 aromatic heterocycles.